The lowest BCUT2D eigenvalue weighted by Crippen LogP contribution is -2.50. The van der Waals surface area contributed by atoms with Crippen molar-refractivity contribution in [3.8, 4) is 5.75 Å². The topological polar surface area (TPSA) is 24.5 Å². The van der Waals surface area contributed by atoms with Gasteiger partial charge in [-0.1, -0.05) is 19.1 Å². The average Bonchev–Trinajstić information content (AvgIpc) is 2.42. The van der Waals surface area contributed by atoms with Crippen LogP contribution in [0, 0.1) is 5.92 Å². The average molecular weight is 290 g/mol. The summed E-state index contributed by atoms with van der Waals surface area (Å²) in [5, 5.41) is 3.73. The van der Waals surface area contributed by atoms with Crippen LogP contribution in [0.5, 0.6) is 5.75 Å². The Bertz CT molecular complexity index is 429. The van der Waals surface area contributed by atoms with E-state index in [2.05, 4.69) is 69.2 Å². The van der Waals surface area contributed by atoms with Gasteiger partial charge in [-0.3, -0.25) is 0 Å². The molecule has 0 aliphatic carbocycles. The minimum atomic E-state index is 0.232. The number of rotatable bonds is 5. The van der Waals surface area contributed by atoms with Gasteiger partial charge in [0.15, 0.2) is 0 Å². The van der Waals surface area contributed by atoms with Gasteiger partial charge < -0.3 is 15.0 Å². The van der Waals surface area contributed by atoms with Crippen LogP contribution in [0.25, 0.3) is 0 Å². The Hall–Kier alpha value is -1.06. The maximum atomic E-state index is 5.68. The Morgan fingerprint density at radius 3 is 2.52 bits per heavy atom. The lowest BCUT2D eigenvalue weighted by Gasteiger charge is -2.40. The van der Waals surface area contributed by atoms with Crippen LogP contribution in [-0.2, 0) is 6.54 Å². The van der Waals surface area contributed by atoms with Gasteiger partial charge in [0.1, 0.15) is 5.75 Å². The molecule has 3 atom stereocenters. The quantitative estimate of drug-likeness (QED) is 0.900. The van der Waals surface area contributed by atoms with E-state index >= 15 is 0 Å². The van der Waals surface area contributed by atoms with E-state index in [1.165, 1.54) is 18.5 Å². The molecule has 0 spiro atoms. The molecule has 1 heterocycles. The van der Waals surface area contributed by atoms with Crippen molar-refractivity contribution in [2.45, 2.75) is 58.8 Å². The van der Waals surface area contributed by atoms with Crippen LogP contribution < -0.4 is 10.1 Å². The van der Waals surface area contributed by atoms with Crippen LogP contribution in [0.15, 0.2) is 24.3 Å². The van der Waals surface area contributed by atoms with Gasteiger partial charge in [0, 0.05) is 25.2 Å². The number of piperidine rings is 1. The SMILES string of the molecule is CC(C)Oc1ccc(CNC2CC(C)N(C)CC2C)cc1. The van der Waals surface area contributed by atoms with Gasteiger partial charge in [-0.15, -0.1) is 0 Å². The molecule has 3 unspecified atom stereocenters. The smallest absolute Gasteiger partial charge is 0.119 e. The van der Waals surface area contributed by atoms with Crippen LogP contribution in [0.2, 0.25) is 0 Å². The maximum absolute atomic E-state index is 5.68. The molecule has 1 aromatic rings. The molecule has 0 amide bonds. The molecule has 3 nitrogen and oxygen atoms in total. The predicted molar refractivity (Wildman–Crippen MR) is 88.7 cm³/mol. The zero-order valence-electron chi connectivity index (χ0n) is 14.1. The molecular weight excluding hydrogens is 260 g/mol. The van der Waals surface area contributed by atoms with Crippen molar-refractivity contribution in [2.24, 2.45) is 5.92 Å². The second kappa shape index (κ2) is 7.28. The number of benzene rings is 1. The summed E-state index contributed by atoms with van der Waals surface area (Å²) in [7, 11) is 2.23. The molecule has 1 fully saturated rings. The maximum Gasteiger partial charge on any atom is 0.119 e. The molecule has 0 saturated carbocycles. The molecule has 21 heavy (non-hydrogen) atoms. The number of likely N-dealkylation sites (tertiary alicyclic amines) is 1. The zero-order chi connectivity index (χ0) is 15.4. The normalized spacial score (nSPS) is 27.0. The molecule has 0 radical (unpaired) electrons. The molecular formula is C18H30N2O. The molecule has 3 heteroatoms. The fourth-order valence-corrected chi connectivity index (χ4v) is 3.03. The van der Waals surface area contributed by atoms with Gasteiger partial charge in [0.25, 0.3) is 0 Å². The summed E-state index contributed by atoms with van der Waals surface area (Å²) in [6.07, 6.45) is 1.46. The highest BCUT2D eigenvalue weighted by atomic mass is 16.5. The summed E-state index contributed by atoms with van der Waals surface area (Å²) in [6, 6.07) is 9.74. The fourth-order valence-electron chi connectivity index (χ4n) is 3.03. The molecule has 1 aliphatic heterocycles. The first-order chi connectivity index (χ1) is 9.95. The monoisotopic (exact) mass is 290 g/mol. The van der Waals surface area contributed by atoms with Gasteiger partial charge in [0.2, 0.25) is 0 Å². The van der Waals surface area contributed by atoms with Crippen LogP contribution in [-0.4, -0.2) is 36.7 Å². The van der Waals surface area contributed by atoms with Gasteiger partial charge in [0.05, 0.1) is 6.10 Å². The summed E-state index contributed by atoms with van der Waals surface area (Å²) >= 11 is 0. The first kappa shape index (κ1) is 16.3. The third-order valence-corrected chi connectivity index (χ3v) is 4.47. The third kappa shape index (κ3) is 4.72. The minimum Gasteiger partial charge on any atom is -0.491 e. The number of nitrogens with zero attached hydrogens (tertiary/aromatic N) is 1. The van der Waals surface area contributed by atoms with E-state index in [0.717, 1.165) is 12.3 Å². The highest BCUT2D eigenvalue weighted by Crippen LogP contribution is 2.21. The van der Waals surface area contributed by atoms with E-state index in [0.29, 0.717) is 18.0 Å². The van der Waals surface area contributed by atoms with E-state index in [1.54, 1.807) is 0 Å². The van der Waals surface area contributed by atoms with E-state index in [4.69, 9.17) is 4.74 Å². The van der Waals surface area contributed by atoms with Crippen molar-refractivity contribution in [3.05, 3.63) is 29.8 Å². The second-order valence-corrected chi connectivity index (χ2v) is 6.80. The van der Waals surface area contributed by atoms with E-state index < -0.39 is 0 Å². The van der Waals surface area contributed by atoms with Gasteiger partial charge in [-0.05, 0) is 57.9 Å². The van der Waals surface area contributed by atoms with Crippen molar-refractivity contribution in [1.29, 1.82) is 0 Å². The number of hydrogen-bond donors (Lipinski definition) is 1. The first-order valence-corrected chi connectivity index (χ1v) is 8.15. The Morgan fingerprint density at radius 1 is 1.24 bits per heavy atom. The molecule has 2 rings (SSSR count). The van der Waals surface area contributed by atoms with E-state index in [9.17, 15) is 0 Å². The minimum absolute atomic E-state index is 0.232. The second-order valence-electron chi connectivity index (χ2n) is 6.80. The summed E-state index contributed by atoms with van der Waals surface area (Å²) in [5.74, 6) is 1.66. The van der Waals surface area contributed by atoms with Crippen LogP contribution in [0.4, 0.5) is 0 Å². The Balaban J connectivity index is 1.85. The van der Waals surface area contributed by atoms with Gasteiger partial charge in [-0.25, -0.2) is 0 Å². The summed E-state index contributed by atoms with van der Waals surface area (Å²) < 4.78 is 5.68. The predicted octanol–water partition coefficient (Wildman–Crippen LogP) is 3.29. The third-order valence-electron chi connectivity index (χ3n) is 4.47. The lowest BCUT2D eigenvalue weighted by molar-refractivity contribution is 0.121. The standard InChI is InChI=1S/C18H30N2O/c1-13(2)21-17-8-6-16(7-9-17)11-19-18-10-15(4)20(5)12-14(18)3/h6-9,13-15,18-19H,10-12H2,1-5H3. The zero-order valence-corrected chi connectivity index (χ0v) is 14.1. The fraction of sp³-hybridized carbons (Fsp3) is 0.667. The molecule has 1 aliphatic rings. The molecule has 0 bridgehead atoms. The Morgan fingerprint density at radius 2 is 1.90 bits per heavy atom. The number of ether oxygens (including phenoxy) is 1. The Kier molecular flexibility index (Phi) is 5.65. The number of hydrogen-bond acceptors (Lipinski definition) is 3. The summed E-state index contributed by atoms with van der Waals surface area (Å²) in [4.78, 5) is 2.46. The van der Waals surface area contributed by atoms with Crippen molar-refractivity contribution in [1.82, 2.24) is 10.2 Å². The van der Waals surface area contributed by atoms with E-state index in [-0.39, 0.29) is 6.10 Å². The Labute approximate surface area is 129 Å². The summed E-state index contributed by atoms with van der Waals surface area (Å²) in [6.45, 7) is 10.9. The highest BCUT2D eigenvalue weighted by Gasteiger charge is 2.28. The van der Waals surface area contributed by atoms with Gasteiger partial charge >= 0.3 is 0 Å². The molecule has 1 aromatic carbocycles. The van der Waals surface area contributed by atoms with E-state index in [1.807, 2.05) is 0 Å². The van der Waals surface area contributed by atoms with Crippen molar-refractivity contribution in [3.63, 3.8) is 0 Å². The summed E-state index contributed by atoms with van der Waals surface area (Å²) in [5.41, 5.74) is 1.32. The van der Waals surface area contributed by atoms with Crippen LogP contribution in [0.1, 0.15) is 39.7 Å². The van der Waals surface area contributed by atoms with Gasteiger partial charge in [-0.2, -0.15) is 0 Å². The van der Waals surface area contributed by atoms with Crippen molar-refractivity contribution < 1.29 is 4.74 Å². The molecule has 1 saturated heterocycles. The number of nitrogens with one attached hydrogen (secondary N) is 1. The van der Waals surface area contributed by atoms with Crippen LogP contribution >= 0.6 is 0 Å². The molecule has 1 N–H and O–H groups in total. The first-order valence-electron chi connectivity index (χ1n) is 8.15. The van der Waals surface area contributed by atoms with Crippen molar-refractivity contribution >= 4 is 0 Å². The highest BCUT2D eigenvalue weighted by molar-refractivity contribution is 5.27. The molecule has 118 valence electrons. The largest absolute Gasteiger partial charge is 0.491 e. The van der Waals surface area contributed by atoms with Crippen molar-refractivity contribution in [2.75, 3.05) is 13.6 Å². The molecule has 0 aromatic heterocycles. The van der Waals surface area contributed by atoms with Crippen LogP contribution in [0.3, 0.4) is 0 Å². The lowest BCUT2D eigenvalue weighted by atomic mass is 9.90.